The van der Waals surface area contributed by atoms with E-state index in [1.54, 1.807) is 4.40 Å². The Hall–Kier alpha value is -2.27. The molecule has 48 heavy (non-hydrogen) atoms. The van der Waals surface area contributed by atoms with Crippen molar-refractivity contribution in [3.05, 3.63) is 83.3 Å². The number of ketones is 1. The van der Waals surface area contributed by atoms with Crippen LogP contribution in [0.3, 0.4) is 0 Å². The van der Waals surface area contributed by atoms with Gasteiger partial charge in [0.05, 0.1) is 5.76 Å². The van der Waals surface area contributed by atoms with Gasteiger partial charge >= 0.3 is 196 Å². The molecule has 0 amide bonds. The summed E-state index contributed by atoms with van der Waals surface area (Å²) in [6.07, 6.45) is 7.97. The molecule has 0 saturated heterocycles. The van der Waals surface area contributed by atoms with Gasteiger partial charge in [-0.2, -0.15) is 0 Å². The van der Waals surface area contributed by atoms with Crippen molar-refractivity contribution in [2.45, 2.75) is 117 Å². The number of nitrogens with zero attached hydrogens (tertiary/aromatic N) is 1. The van der Waals surface area contributed by atoms with Gasteiger partial charge in [0.25, 0.3) is 0 Å². The third-order valence-corrected chi connectivity index (χ3v) is 14.2. The number of fused-ring (bicyclic) bond motifs is 3. The van der Waals surface area contributed by atoms with E-state index < -0.39 is 13.3 Å². The number of carbonyl (C=O) groups is 1. The van der Waals surface area contributed by atoms with E-state index >= 15 is 0 Å². The molecule has 1 aromatic heterocycles. The van der Waals surface area contributed by atoms with Gasteiger partial charge in [-0.3, -0.25) is 4.79 Å². The Kier molecular flexibility index (Phi) is 13.2. The zero-order valence-electron chi connectivity index (χ0n) is 31.5. The van der Waals surface area contributed by atoms with Gasteiger partial charge in [0.15, 0.2) is 5.78 Å². The molecule has 1 heterocycles. The minimum absolute atomic E-state index is 0. The molecule has 0 unspecified atom stereocenters. The van der Waals surface area contributed by atoms with Gasteiger partial charge < -0.3 is 5.11 Å². The van der Waals surface area contributed by atoms with Crippen molar-refractivity contribution in [1.82, 2.24) is 4.98 Å². The summed E-state index contributed by atoms with van der Waals surface area (Å²) < 4.78 is 1.62. The maximum Gasteiger partial charge on any atom is 0.162 e. The molecule has 1 radical (unpaired) electrons. The molecule has 1 aliphatic carbocycles. The predicted octanol–water partition coefficient (Wildman–Crippen LogP) is 11.5. The number of hydrogen-bond donors (Lipinski definition) is 1. The summed E-state index contributed by atoms with van der Waals surface area (Å²) in [6.45, 7) is 19.9. The number of aromatic nitrogens is 1. The SMILES string of the molecule is CC(C)(C)Cc1cc2c3c(nccc3c1)-c1[c-]c3ccccc3[c]([Ge]([CH3])([CH3])[CH3])c1C2(C)C.CCC(CC)C(=O)/C=C(\O)C(CC)CC.[Ir]. The van der Waals surface area contributed by atoms with Crippen LogP contribution in [0.15, 0.2) is 60.5 Å². The predicted molar refractivity (Wildman–Crippen MR) is 206 cm³/mol. The molecule has 0 fully saturated rings. The Labute approximate surface area is 307 Å². The van der Waals surface area contributed by atoms with E-state index in [2.05, 4.69) is 100 Å². The summed E-state index contributed by atoms with van der Waals surface area (Å²) in [7, 11) is 0. The van der Waals surface area contributed by atoms with Gasteiger partial charge in [-0.05, 0) is 25.7 Å². The molecule has 261 valence electrons. The number of benzene rings is 3. The third-order valence-electron chi connectivity index (χ3n) is 9.98. The molecule has 0 spiro atoms. The van der Waals surface area contributed by atoms with Crippen molar-refractivity contribution in [3.8, 4) is 11.3 Å². The Bertz CT molecular complexity index is 1780. The zero-order valence-corrected chi connectivity index (χ0v) is 36.0. The number of carbonyl (C=O) groups excluding carboxylic acids is 1. The normalized spacial score (nSPS) is 14.1. The number of aliphatic hydroxyl groups excluding tert-OH is 1. The molecule has 5 rings (SSSR count). The fraction of sp³-hybridized carbons (Fsp3) is 0.488. The smallest absolute Gasteiger partial charge is 0.162 e. The third kappa shape index (κ3) is 8.36. The number of pyridine rings is 1. The maximum atomic E-state index is 11.7. The van der Waals surface area contributed by atoms with E-state index in [1.807, 2.05) is 33.9 Å². The minimum Gasteiger partial charge on any atom is -0.512 e. The molecule has 5 heteroatoms. The van der Waals surface area contributed by atoms with Crippen molar-refractivity contribution >= 4 is 45.0 Å². The summed E-state index contributed by atoms with van der Waals surface area (Å²) in [6, 6.07) is 19.8. The van der Waals surface area contributed by atoms with Crippen LogP contribution in [0.4, 0.5) is 0 Å². The van der Waals surface area contributed by atoms with Crippen molar-refractivity contribution in [2.24, 2.45) is 17.3 Å². The number of allylic oxidation sites excluding steroid dienone is 2. The van der Waals surface area contributed by atoms with Crippen LogP contribution >= 0.6 is 0 Å². The Morgan fingerprint density at radius 2 is 1.56 bits per heavy atom. The van der Waals surface area contributed by atoms with Crippen molar-refractivity contribution < 1.29 is 30.0 Å². The number of hydrogen-bond acceptors (Lipinski definition) is 3. The molecular formula is C43H58GeIrNO2-. The first-order valence-electron chi connectivity index (χ1n) is 17.8. The van der Waals surface area contributed by atoms with Crippen molar-refractivity contribution in [3.63, 3.8) is 0 Å². The molecule has 1 aliphatic rings. The van der Waals surface area contributed by atoms with E-state index in [0.29, 0.717) is 0 Å². The fourth-order valence-electron chi connectivity index (χ4n) is 7.54. The molecule has 1 N–H and O–H groups in total. The molecule has 3 nitrogen and oxygen atoms in total. The molecule has 0 atom stereocenters. The summed E-state index contributed by atoms with van der Waals surface area (Å²) in [5.74, 6) is 8.12. The Balaban J connectivity index is 0.000000334. The van der Waals surface area contributed by atoms with Gasteiger partial charge in [0, 0.05) is 38.0 Å². The van der Waals surface area contributed by atoms with Crippen molar-refractivity contribution in [1.29, 1.82) is 0 Å². The van der Waals surface area contributed by atoms with Crippen LogP contribution in [0.1, 0.15) is 105 Å². The quantitative estimate of drug-likeness (QED) is 0.0788. The monoisotopic (exact) mass is 887 g/mol. The van der Waals surface area contributed by atoms with Crippen molar-refractivity contribution in [2.75, 3.05) is 0 Å². The maximum absolute atomic E-state index is 11.7. The zero-order chi connectivity index (χ0) is 34.9. The molecular weight excluding hydrogens is 827 g/mol. The first-order chi connectivity index (χ1) is 22.0. The van der Waals surface area contributed by atoms with Gasteiger partial charge in [-0.25, -0.2) is 0 Å². The van der Waals surface area contributed by atoms with Crippen LogP contribution in [0.2, 0.25) is 17.3 Å². The topological polar surface area (TPSA) is 50.2 Å². The first-order valence-corrected chi connectivity index (χ1v) is 25.2. The van der Waals surface area contributed by atoms with E-state index in [4.69, 9.17) is 4.98 Å². The Morgan fingerprint density at radius 1 is 0.958 bits per heavy atom. The van der Waals surface area contributed by atoms with Crippen LogP contribution in [-0.4, -0.2) is 29.1 Å². The van der Waals surface area contributed by atoms with Crippen LogP contribution < -0.4 is 4.40 Å². The largest absolute Gasteiger partial charge is 0.512 e. The van der Waals surface area contributed by atoms with Crippen LogP contribution in [0.25, 0.3) is 32.8 Å². The molecule has 3 aromatic carbocycles. The van der Waals surface area contributed by atoms with E-state index in [-0.39, 0.29) is 54.3 Å². The van der Waals surface area contributed by atoms with Gasteiger partial charge in [0.1, 0.15) is 0 Å². The molecule has 0 bridgehead atoms. The van der Waals surface area contributed by atoms with E-state index in [1.165, 1.54) is 49.9 Å². The van der Waals surface area contributed by atoms with Gasteiger partial charge in [-0.1, -0.05) is 27.7 Å². The molecule has 4 aromatic rings. The molecule has 0 saturated carbocycles. The van der Waals surface area contributed by atoms with Gasteiger partial charge in [-0.15, -0.1) is 0 Å². The average Bonchev–Trinajstić information content (AvgIpc) is 2.99. The summed E-state index contributed by atoms with van der Waals surface area (Å²) in [5, 5.41) is 15.0. The van der Waals surface area contributed by atoms with E-state index in [9.17, 15) is 9.90 Å². The minimum atomic E-state index is -2.26. The summed E-state index contributed by atoms with van der Waals surface area (Å²) in [4.78, 5) is 16.7. The standard InChI is InChI=1S/C30H34GeN.C13H24O2.Ir/c1-29(2,3)18-19-15-21-13-14-32-28-23-17-20-11-9-10-12-22(20)27(31(6,7)8)26(23)30(4,5)24(16-19)25(21)28;1-5-10(6-2)12(14)9-13(15)11(7-3)8-4;/h9-16H,18H2,1-8H3;9-11,14H,5-8H2,1-4H3;/q-1;;/b;12-9-;. The fourth-order valence-corrected chi connectivity index (χ4v) is 12.2. The Morgan fingerprint density at radius 3 is 2.12 bits per heavy atom. The second-order valence-corrected chi connectivity index (χ2v) is 26.8. The van der Waals surface area contributed by atoms with Crippen LogP contribution in [0.5, 0.6) is 0 Å². The second-order valence-electron chi connectivity index (χ2n) is 16.3. The van der Waals surface area contributed by atoms with Gasteiger partial charge in [0.2, 0.25) is 0 Å². The summed E-state index contributed by atoms with van der Waals surface area (Å²) in [5.41, 5.74) is 6.84. The van der Waals surface area contributed by atoms with Crippen LogP contribution in [0, 0.1) is 23.3 Å². The van der Waals surface area contributed by atoms with E-state index in [0.717, 1.165) is 37.8 Å². The number of rotatable bonds is 9. The average molecular weight is 886 g/mol. The first kappa shape index (κ1) is 40.2. The second kappa shape index (κ2) is 15.7. The number of aliphatic hydroxyl groups is 1. The molecule has 0 aliphatic heterocycles. The summed E-state index contributed by atoms with van der Waals surface area (Å²) >= 11 is -2.26. The van der Waals surface area contributed by atoms with Crippen LogP contribution in [-0.2, 0) is 36.7 Å².